The first-order valence-electron chi connectivity index (χ1n) is 17.7. The lowest BCUT2D eigenvalue weighted by Crippen LogP contribution is -2.66. The van der Waals surface area contributed by atoms with E-state index >= 15 is 0 Å². The number of hydroxylamine groups is 1. The van der Waals surface area contributed by atoms with Gasteiger partial charge in [0.15, 0.2) is 0 Å². The standard InChI is InChI=1S/C41H49N5O4/c1-29-28-45(38(48)43-37(29)47)35-23-22-34(49-35)36(33-24-25-39(2,3)46(27-15-26-42)40(33,4)5)50-44-41(30-16-9-6-10-17-30,31-18-11-7-12-19-31)32-20-13-8-14-21-32/h6-14,16-21,28,33-36,44H,15,22-25,27H2,1-5H3,(H,43,47,48)/t33?,34-,35+,36?/m0/s1. The van der Waals surface area contributed by atoms with E-state index in [1.807, 2.05) is 54.6 Å². The van der Waals surface area contributed by atoms with Crippen molar-refractivity contribution in [3.05, 3.63) is 140 Å². The van der Waals surface area contributed by atoms with Crippen LogP contribution in [0.2, 0.25) is 0 Å². The fourth-order valence-electron chi connectivity index (χ4n) is 8.50. The Hall–Kier alpha value is -4.33. The second-order valence-electron chi connectivity index (χ2n) is 14.9. The lowest BCUT2D eigenvalue weighted by molar-refractivity contribution is -0.192. The molecule has 3 aromatic carbocycles. The van der Waals surface area contributed by atoms with E-state index in [0.717, 1.165) is 29.5 Å². The fourth-order valence-corrected chi connectivity index (χ4v) is 8.50. The molecule has 2 aliphatic rings. The highest BCUT2D eigenvalue weighted by molar-refractivity contribution is 5.49. The normalized spacial score (nSPS) is 22.5. The molecule has 0 saturated carbocycles. The van der Waals surface area contributed by atoms with Gasteiger partial charge in [0.1, 0.15) is 17.9 Å². The summed E-state index contributed by atoms with van der Waals surface area (Å²) >= 11 is 0. The number of ether oxygens (including phenoxy) is 1. The molecule has 3 heterocycles. The molecule has 2 unspecified atom stereocenters. The van der Waals surface area contributed by atoms with Gasteiger partial charge in [-0.2, -0.15) is 10.7 Å². The summed E-state index contributed by atoms with van der Waals surface area (Å²) in [6.45, 7) is 11.4. The van der Waals surface area contributed by atoms with Crippen molar-refractivity contribution in [2.24, 2.45) is 5.92 Å². The number of H-pyrrole nitrogens is 1. The van der Waals surface area contributed by atoms with Crippen LogP contribution in [0, 0.1) is 24.2 Å². The maximum atomic E-state index is 13.0. The fraction of sp³-hybridized carbons (Fsp3) is 0.439. The molecule has 0 spiro atoms. The molecule has 6 rings (SSSR count). The van der Waals surface area contributed by atoms with Crippen LogP contribution in [-0.2, 0) is 15.1 Å². The van der Waals surface area contributed by atoms with Gasteiger partial charge in [-0.1, -0.05) is 91.0 Å². The van der Waals surface area contributed by atoms with Crippen LogP contribution < -0.4 is 16.7 Å². The average molecular weight is 676 g/mol. The Balaban J connectivity index is 1.44. The Morgan fingerprint density at radius 2 is 1.48 bits per heavy atom. The molecule has 50 heavy (non-hydrogen) atoms. The molecule has 0 bridgehead atoms. The Bertz CT molecular complexity index is 1800. The van der Waals surface area contributed by atoms with Crippen molar-refractivity contribution in [2.75, 3.05) is 6.54 Å². The summed E-state index contributed by atoms with van der Waals surface area (Å²) in [4.78, 5) is 37.2. The number of rotatable bonds is 11. The van der Waals surface area contributed by atoms with Crippen molar-refractivity contribution in [1.29, 1.82) is 5.26 Å². The van der Waals surface area contributed by atoms with Crippen molar-refractivity contribution < 1.29 is 9.57 Å². The van der Waals surface area contributed by atoms with E-state index in [1.54, 1.807) is 13.1 Å². The van der Waals surface area contributed by atoms with Crippen LogP contribution in [0.25, 0.3) is 0 Å². The average Bonchev–Trinajstić information content (AvgIpc) is 3.60. The Morgan fingerprint density at radius 1 is 0.920 bits per heavy atom. The number of hydrogen-bond acceptors (Lipinski definition) is 7. The summed E-state index contributed by atoms with van der Waals surface area (Å²) in [5.41, 5.74) is 4.98. The molecule has 262 valence electrons. The summed E-state index contributed by atoms with van der Waals surface area (Å²) in [6.07, 6.45) is 3.71. The molecule has 4 aromatic rings. The zero-order valence-corrected chi connectivity index (χ0v) is 29.8. The van der Waals surface area contributed by atoms with Gasteiger partial charge in [-0.05, 0) is 77.0 Å². The van der Waals surface area contributed by atoms with E-state index in [9.17, 15) is 14.9 Å². The summed E-state index contributed by atoms with van der Waals surface area (Å²) in [5, 5.41) is 9.60. The summed E-state index contributed by atoms with van der Waals surface area (Å²) in [6, 6.07) is 33.4. The van der Waals surface area contributed by atoms with Crippen molar-refractivity contribution in [3.8, 4) is 6.07 Å². The molecule has 9 nitrogen and oxygen atoms in total. The monoisotopic (exact) mass is 675 g/mol. The number of benzene rings is 3. The first-order valence-corrected chi connectivity index (χ1v) is 17.7. The topological polar surface area (TPSA) is 112 Å². The SMILES string of the molecule is Cc1cn([C@H]2CC[C@@H](C(ONC(c3ccccc3)(c3ccccc3)c3ccccc3)C3CCC(C)(C)N(CCC#N)C3(C)C)O2)c(=O)[nH]c1=O. The number of nitrogens with one attached hydrogen (secondary N) is 2. The molecule has 0 aliphatic carbocycles. The molecule has 0 amide bonds. The molecule has 1 aromatic heterocycles. The van der Waals surface area contributed by atoms with Crippen molar-refractivity contribution in [1.82, 2.24) is 19.9 Å². The molecular formula is C41H49N5O4. The minimum absolute atomic E-state index is 0.000439. The maximum absolute atomic E-state index is 13.0. The highest BCUT2D eigenvalue weighted by Gasteiger charge is 2.53. The largest absolute Gasteiger partial charge is 0.352 e. The quantitative estimate of drug-likeness (QED) is 0.136. The van der Waals surface area contributed by atoms with E-state index in [4.69, 9.17) is 9.57 Å². The summed E-state index contributed by atoms with van der Waals surface area (Å²) in [7, 11) is 0. The predicted octanol–water partition coefficient (Wildman–Crippen LogP) is 6.59. The first kappa shape index (κ1) is 35.5. The Labute approximate surface area is 294 Å². The summed E-state index contributed by atoms with van der Waals surface area (Å²) < 4.78 is 8.29. The zero-order chi connectivity index (χ0) is 35.5. The minimum atomic E-state index is -0.869. The van der Waals surface area contributed by atoms with Gasteiger partial charge < -0.3 is 4.74 Å². The summed E-state index contributed by atoms with van der Waals surface area (Å²) in [5.74, 6) is -0.000439. The first-order chi connectivity index (χ1) is 24.0. The van der Waals surface area contributed by atoms with Crippen LogP contribution in [0.1, 0.15) is 88.3 Å². The second kappa shape index (κ2) is 14.5. The van der Waals surface area contributed by atoms with Gasteiger partial charge in [0.25, 0.3) is 5.56 Å². The van der Waals surface area contributed by atoms with Crippen molar-refractivity contribution in [3.63, 3.8) is 0 Å². The lowest BCUT2D eigenvalue weighted by Gasteiger charge is -2.58. The van der Waals surface area contributed by atoms with Gasteiger partial charge in [0.2, 0.25) is 0 Å². The minimum Gasteiger partial charge on any atom is -0.352 e. The van der Waals surface area contributed by atoms with Crippen LogP contribution in [0.5, 0.6) is 0 Å². The number of aromatic nitrogens is 2. The van der Waals surface area contributed by atoms with E-state index in [1.165, 1.54) is 4.57 Å². The zero-order valence-electron chi connectivity index (χ0n) is 29.8. The molecule has 9 heteroatoms. The molecule has 4 atom stereocenters. The number of piperidine rings is 1. The highest BCUT2D eigenvalue weighted by Crippen LogP contribution is 2.47. The highest BCUT2D eigenvalue weighted by atomic mass is 16.7. The van der Waals surface area contributed by atoms with Gasteiger partial charge in [-0.15, -0.1) is 0 Å². The third kappa shape index (κ3) is 6.73. The van der Waals surface area contributed by atoms with E-state index < -0.39 is 29.1 Å². The van der Waals surface area contributed by atoms with Gasteiger partial charge in [-0.25, -0.2) is 4.79 Å². The van der Waals surface area contributed by atoms with Gasteiger partial charge in [0.05, 0.1) is 12.2 Å². The molecule has 2 saturated heterocycles. The Morgan fingerprint density at radius 3 is 2.02 bits per heavy atom. The van der Waals surface area contributed by atoms with Crippen LogP contribution in [0.3, 0.4) is 0 Å². The number of likely N-dealkylation sites (tertiary alicyclic amines) is 1. The number of aryl methyl sites for hydroxylation is 1. The smallest absolute Gasteiger partial charge is 0.330 e. The van der Waals surface area contributed by atoms with Crippen molar-refractivity contribution in [2.45, 2.75) is 102 Å². The number of nitrogens with zero attached hydrogens (tertiary/aromatic N) is 3. The van der Waals surface area contributed by atoms with Crippen LogP contribution >= 0.6 is 0 Å². The molecule has 2 N–H and O–H groups in total. The molecular weight excluding hydrogens is 626 g/mol. The van der Waals surface area contributed by atoms with Gasteiger partial charge in [0, 0.05) is 41.7 Å². The van der Waals surface area contributed by atoms with Crippen LogP contribution in [0.4, 0.5) is 0 Å². The second-order valence-corrected chi connectivity index (χ2v) is 14.9. The Kier molecular flexibility index (Phi) is 10.3. The third-order valence-electron chi connectivity index (χ3n) is 11.1. The predicted molar refractivity (Wildman–Crippen MR) is 194 cm³/mol. The maximum Gasteiger partial charge on any atom is 0.330 e. The van der Waals surface area contributed by atoms with E-state index in [2.05, 4.69) is 85.5 Å². The number of nitriles is 1. The molecule has 2 fully saturated rings. The van der Waals surface area contributed by atoms with Crippen LogP contribution in [0.15, 0.2) is 107 Å². The van der Waals surface area contributed by atoms with E-state index in [-0.39, 0.29) is 23.1 Å². The molecule has 0 radical (unpaired) electrons. The van der Waals surface area contributed by atoms with Gasteiger partial charge >= 0.3 is 5.69 Å². The number of hydrogen-bond donors (Lipinski definition) is 2. The van der Waals surface area contributed by atoms with Gasteiger partial charge in [-0.3, -0.25) is 24.1 Å². The van der Waals surface area contributed by atoms with E-state index in [0.29, 0.717) is 31.4 Å². The van der Waals surface area contributed by atoms with Crippen LogP contribution in [-0.4, -0.2) is 44.3 Å². The lowest BCUT2D eigenvalue weighted by atomic mass is 9.68. The third-order valence-corrected chi connectivity index (χ3v) is 11.1. The number of aromatic amines is 1. The molecule has 2 aliphatic heterocycles. The van der Waals surface area contributed by atoms with Crippen molar-refractivity contribution >= 4 is 0 Å².